The van der Waals surface area contributed by atoms with Gasteiger partial charge in [-0.3, -0.25) is 4.79 Å². The molecule has 0 aromatic heterocycles. The number of carbonyl (C=O) groups excluding carboxylic acids is 1. The lowest BCUT2D eigenvalue weighted by Gasteiger charge is -2.39. The van der Waals surface area contributed by atoms with Crippen molar-refractivity contribution >= 4 is 5.78 Å². The number of carbonyl (C=O) groups is 1. The number of ether oxygens (including phenoxy) is 2. The van der Waals surface area contributed by atoms with Gasteiger partial charge in [0, 0.05) is 29.6 Å². The summed E-state index contributed by atoms with van der Waals surface area (Å²) in [6, 6.07) is 6.47. The lowest BCUT2D eigenvalue weighted by Crippen LogP contribution is -2.50. The smallest absolute Gasteiger partial charge is 0.166 e. The van der Waals surface area contributed by atoms with E-state index in [4.69, 9.17) is 9.47 Å². The minimum atomic E-state index is 0.123. The quantitative estimate of drug-likeness (QED) is 0.866. The summed E-state index contributed by atoms with van der Waals surface area (Å²) in [6.45, 7) is 0. The summed E-state index contributed by atoms with van der Waals surface area (Å²) in [5, 5.41) is 3.63. The molecule has 1 N–H and O–H groups in total. The van der Waals surface area contributed by atoms with Crippen LogP contribution in [-0.2, 0) is 0 Å². The second-order valence-corrected chi connectivity index (χ2v) is 6.13. The highest BCUT2D eigenvalue weighted by molar-refractivity contribution is 5.98. The Bertz CT molecular complexity index is 495. The molecule has 0 amide bonds. The van der Waals surface area contributed by atoms with Crippen LogP contribution in [0, 0.1) is 5.92 Å². The average Bonchev–Trinajstić information content (AvgIpc) is 2.53. The van der Waals surface area contributed by atoms with Crippen LogP contribution < -0.4 is 14.8 Å². The lowest BCUT2D eigenvalue weighted by atomic mass is 9.77. The van der Waals surface area contributed by atoms with Crippen molar-refractivity contribution in [3.8, 4) is 11.5 Å². The van der Waals surface area contributed by atoms with Gasteiger partial charge in [-0.1, -0.05) is 6.42 Å². The zero-order chi connectivity index (χ0) is 14.8. The Hall–Kier alpha value is -1.55. The first-order valence-electron chi connectivity index (χ1n) is 7.73. The first-order valence-corrected chi connectivity index (χ1v) is 7.73. The summed E-state index contributed by atoms with van der Waals surface area (Å²) in [5.41, 5.74) is 0.705. The highest BCUT2D eigenvalue weighted by Crippen LogP contribution is 2.33. The van der Waals surface area contributed by atoms with Crippen molar-refractivity contribution in [1.82, 2.24) is 5.32 Å². The van der Waals surface area contributed by atoms with Crippen molar-refractivity contribution in [2.45, 2.75) is 44.2 Å². The summed E-state index contributed by atoms with van der Waals surface area (Å²) in [4.78, 5) is 12.8. The molecular weight excluding hydrogens is 266 g/mol. The topological polar surface area (TPSA) is 47.6 Å². The molecule has 2 fully saturated rings. The molecule has 2 bridgehead atoms. The summed E-state index contributed by atoms with van der Waals surface area (Å²) in [6.07, 6.45) is 5.59. The Morgan fingerprint density at radius 1 is 1.05 bits per heavy atom. The number of benzene rings is 1. The fourth-order valence-corrected chi connectivity index (χ4v) is 3.67. The van der Waals surface area contributed by atoms with E-state index >= 15 is 0 Å². The monoisotopic (exact) mass is 289 g/mol. The summed E-state index contributed by atoms with van der Waals surface area (Å²) in [5.74, 6) is 1.70. The fourth-order valence-electron chi connectivity index (χ4n) is 3.67. The van der Waals surface area contributed by atoms with E-state index in [1.807, 2.05) is 12.1 Å². The minimum absolute atomic E-state index is 0.123. The molecule has 21 heavy (non-hydrogen) atoms. The Labute approximate surface area is 125 Å². The normalized spacial score (nSPS) is 28.0. The molecule has 1 aromatic rings. The number of fused-ring (bicyclic) bond motifs is 2. The van der Waals surface area contributed by atoms with Crippen molar-refractivity contribution in [2.24, 2.45) is 5.92 Å². The van der Waals surface area contributed by atoms with Gasteiger partial charge < -0.3 is 14.8 Å². The third-order valence-electron chi connectivity index (χ3n) is 4.72. The summed E-state index contributed by atoms with van der Waals surface area (Å²) >= 11 is 0. The molecule has 2 saturated heterocycles. The molecule has 2 atom stereocenters. The van der Waals surface area contributed by atoms with Crippen LogP contribution in [-0.4, -0.2) is 32.1 Å². The van der Waals surface area contributed by atoms with E-state index in [2.05, 4.69) is 5.32 Å². The second-order valence-electron chi connectivity index (χ2n) is 6.13. The van der Waals surface area contributed by atoms with Gasteiger partial charge in [0.15, 0.2) is 5.78 Å². The van der Waals surface area contributed by atoms with Crippen LogP contribution in [0.25, 0.3) is 0 Å². The number of Topliss-reactive ketones (excluding diaryl/α,β-unsaturated/α-hetero) is 1. The van der Waals surface area contributed by atoms with Crippen LogP contribution in [0.3, 0.4) is 0 Å². The highest BCUT2D eigenvalue weighted by Gasteiger charge is 2.35. The average molecular weight is 289 g/mol. The molecule has 2 aliphatic rings. The summed E-state index contributed by atoms with van der Waals surface area (Å²) in [7, 11) is 3.22. The lowest BCUT2D eigenvalue weighted by molar-refractivity contribution is 0.0824. The maximum Gasteiger partial charge on any atom is 0.166 e. The van der Waals surface area contributed by atoms with Crippen LogP contribution in [0.2, 0.25) is 0 Å². The standard InChI is InChI=1S/C17H23NO3/c1-20-15-8-12(9-16(10-15)21-2)17(19)11-6-13-4-3-5-14(7-11)18-13/h8-11,13-14,18H,3-7H2,1-2H3. The molecule has 2 heterocycles. The fraction of sp³-hybridized carbons (Fsp3) is 0.588. The van der Waals surface area contributed by atoms with Gasteiger partial charge in [-0.25, -0.2) is 0 Å². The Kier molecular flexibility index (Phi) is 4.15. The number of hydrogen-bond donors (Lipinski definition) is 1. The van der Waals surface area contributed by atoms with E-state index < -0.39 is 0 Å². The van der Waals surface area contributed by atoms with Gasteiger partial charge in [0.2, 0.25) is 0 Å². The van der Waals surface area contributed by atoms with Gasteiger partial charge in [-0.15, -0.1) is 0 Å². The number of piperidine rings is 2. The Balaban J connectivity index is 1.81. The molecule has 4 nitrogen and oxygen atoms in total. The van der Waals surface area contributed by atoms with E-state index in [0.29, 0.717) is 29.1 Å². The van der Waals surface area contributed by atoms with E-state index in [0.717, 1.165) is 12.8 Å². The Morgan fingerprint density at radius 3 is 2.14 bits per heavy atom. The number of nitrogens with one attached hydrogen (secondary N) is 1. The predicted molar refractivity (Wildman–Crippen MR) is 81.2 cm³/mol. The second kappa shape index (κ2) is 6.06. The molecule has 0 saturated carbocycles. The minimum Gasteiger partial charge on any atom is -0.497 e. The van der Waals surface area contributed by atoms with E-state index in [-0.39, 0.29) is 11.7 Å². The molecule has 0 aliphatic carbocycles. The molecule has 0 spiro atoms. The molecule has 2 unspecified atom stereocenters. The maximum atomic E-state index is 12.8. The predicted octanol–water partition coefficient (Wildman–Crippen LogP) is 2.81. The van der Waals surface area contributed by atoms with Crippen LogP contribution in [0.5, 0.6) is 11.5 Å². The number of hydrogen-bond acceptors (Lipinski definition) is 4. The SMILES string of the molecule is COc1cc(OC)cc(C(=O)C2CC3CCCC(C2)N3)c1. The number of methoxy groups -OCH3 is 2. The molecule has 3 rings (SSSR count). The number of rotatable bonds is 4. The van der Waals surface area contributed by atoms with Gasteiger partial charge in [0.05, 0.1) is 14.2 Å². The van der Waals surface area contributed by atoms with Gasteiger partial charge in [0.1, 0.15) is 11.5 Å². The van der Waals surface area contributed by atoms with Crippen molar-refractivity contribution in [1.29, 1.82) is 0 Å². The zero-order valence-corrected chi connectivity index (χ0v) is 12.7. The highest BCUT2D eigenvalue weighted by atomic mass is 16.5. The van der Waals surface area contributed by atoms with Crippen molar-refractivity contribution < 1.29 is 14.3 Å². The van der Waals surface area contributed by atoms with E-state index in [9.17, 15) is 4.79 Å². The molecule has 2 aliphatic heterocycles. The van der Waals surface area contributed by atoms with Gasteiger partial charge in [-0.2, -0.15) is 0 Å². The van der Waals surface area contributed by atoms with Crippen molar-refractivity contribution in [2.75, 3.05) is 14.2 Å². The van der Waals surface area contributed by atoms with Crippen molar-refractivity contribution in [3.63, 3.8) is 0 Å². The van der Waals surface area contributed by atoms with Crippen molar-refractivity contribution in [3.05, 3.63) is 23.8 Å². The molecule has 1 aromatic carbocycles. The molecule has 4 heteroatoms. The third-order valence-corrected chi connectivity index (χ3v) is 4.72. The molecular formula is C17H23NO3. The molecule has 0 radical (unpaired) electrons. The van der Waals surface area contributed by atoms with Crippen LogP contribution in [0.15, 0.2) is 18.2 Å². The van der Waals surface area contributed by atoms with Gasteiger partial charge in [0.25, 0.3) is 0 Å². The maximum absolute atomic E-state index is 12.8. The first-order chi connectivity index (χ1) is 10.2. The first kappa shape index (κ1) is 14.4. The van der Waals surface area contributed by atoms with E-state index in [1.165, 1.54) is 19.3 Å². The van der Waals surface area contributed by atoms with E-state index in [1.54, 1.807) is 20.3 Å². The number of ketones is 1. The largest absolute Gasteiger partial charge is 0.497 e. The van der Waals surface area contributed by atoms with Gasteiger partial charge in [-0.05, 0) is 37.8 Å². The molecule has 114 valence electrons. The van der Waals surface area contributed by atoms with Crippen LogP contribution in [0.4, 0.5) is 0 Å². The van der Waals surface area contributed by atoms with Gasteiger partial charge >= 0.3 is 0 Å². The zero-order valence-electron chi connectivity index (χ0n) is 12.7. The van der Waals surface area contributed by atoms with Crippen LogP contribution >= 0.6 is 0 Å². The van der Waals surface area contributed by atoms with Crippen LogP contribution in [0.1, 0.15) is 42.5 Å². The summed E-state index contributed by atoms with van der Waals surface area (Å²) < 4.78 is 10.5. The Morgan fingerprint density at radius 2 is 1.62 bits per heavy atom. The third kappa shape index (κ3) is 3.05.